The van der Waals surface area contributed by atoms with Gasteiger partial charge in [-0.3, -0.25) is 0 Å². The first-order valence-electron chi connectivity index (χ1n) is 3.80. The molecule has 2 heteroatoms. The molecule has 3 heterocycles. The lowest BCUT2D eigenvalue weighted by Crippen LogP contribution is -2.48. The normalized spacial score (nSPS) is 49.7. The van der Waals surface area contributed by atoms with Crippen LogP contribution in [0.2, 0.25) is 0 Å². The molecule has 3 fully saturated rings. The van der Waals surface area contributed by atoms with Crippen LogP contribution in [-0.4, -0.2) is 30.6 Å². The summed E-state index contributed by atoms with van der Waals surface area (Å²) in [4.78, 5) is 2.41. The van der Waals surface area contributed by atoms with Gasteiger partial charge in [-0.1, -0.05) is 5.92 Å². The van der Waals surface area contributed by atoms with Gasteiger partial charge in [0.05, 0.1) is 0 Å². The van der Waals surface area contributed by atoms with Crippen LogP contribution in [0.25, 0.3) is 5.73 Å². The number of nitrogens with one attached hydrogen (secondary N) is 1. The highest BCUT2D eigenvalue weighted by molar-refractivity contribution is 4.94. The Kier molecular flexibility index (Phi) is 1.24. The van der Waals surface area contributed by atoms with E-state index in [1.807, 2.05) is 0 Å². The Hall–Kier alpha value is -0.0800. The minimum Gasteiger partial charge on any atom is -0.673 e. The van der Waals surface area contributed by atoms with E-state index < -0.39 is 0 Å². The maximum atomic E-state index is 7.62. The summed E-state index contributed by atoms with van der Waals surface area (Å²) in [7, 11) is 0. The second kappa shape index (κ2) is 1.96. The van der Waals surface area contributed by atoms with Gasteiger partial charge in [0.15, 0.2) is 0 Å². The predicted octanol–water partition coefficient (Wildman–Crippen LogP) is 1.13. The summed E-state index contributed by atoms with van der Waals surface area (Å²) in [6.07, 6.45) is 2.57. The molecular formula is C7H13N2-. The minimum atomic E-state index is 0.243. The van der Waals surface area contributed by atoms with Crippen molar-refractivity contribution in [2.75, 3.05) is 19.6 Å². The van der Waals surface area contributed by atoms with Crippen molar-refractivity contribution in [2.45, 2.75) is 18.9 Å². The molecule has 1 unspecified atom stereocenters. The van der Waals surface area contributed by atoms with Crippen LogP contribution >= 0.6 is 0 Å². The topological polar surface area (TPSA) is 27.0 Å². The lowest BCUT2D eigenvalue weighted by molar-refractivity contribution is 0.104. The SMILES string of the molecule is [NH-]C1CN2CCC1CC2. The van der Waals surface area contributed by atoms with E-state index in [0.29, 0.717) is 0 Å². The molecule has 3 aliphatic rings. The molecule has 0 radical (unpaired) electrons. The van der Waals surface area contributed by atoms with Crippen LogP contribution in [0.3, 0.4) is 0 Å². The third-order valence-corrected chi connectivity index (χ3v) is 2.66. The van der Waals surface area contributed by atoms with Crippen LogP contribution in [0.4, 0.5) is 0 Å². The first kappa shape index (κ1) is 5.69. The summed E-state index contributed by atoms with van der Waals surface area (Å²) in [6.45, 7) is 3.57. The van der Waals surface area contributed by atoms with E-state index in [2.05, 4.69) is 4.90 Å². The standard InChI is InChI=1S/C7H13N2/c8-7-5-9-3-1-6(7)2-4-9/h6-8H,1-5H2/q-1. The average molecular weight is 125 g/mol. The van der Waals surface area contributed by atoms with Crippen molar-refractivity contribution >= 4 is 0 Å². The van der Waals surface area contributed by atoms with Gasteiger partial charge in [0.25, 0.3) is 0 Å². The largest absolute Gasteiger partial charge is 0.673 e. The van der Waals surface area contributed by atoms with Gasteiger partial charge in [0.1, 0.15) is 0 Å². The molecule has 0 aromatic heterocycles. The third-order valence-electron chi connectivity index (χ3n) is 2.66. The number of nitrogens with zero attached hydrogens (tertiary/aromatic N) is 1. The number of hydrogen-bond acceptors (Lipinski definition) is 1. The molecule has 3 saturated heterocycles. The van der Waals surface area contributed by atoms with E-state index >= 15 is 0 Å². The average Bonchev–Trinajstić information content (AvgIpc) is 1.90. The molecule has 0 aromatic carbocycles. The molecule has 9 heavy (non-hydrogen) atoms. The van der Waals surface area contributed by atoms with Crippen molar-refractivity contribution in [3.63, 3.8) is 0 Å². The summed E-state index contributed by atoms with van der Waals surface area (Å²) in [5, 5.41) is 0. The summed E-state index contributed by atoms with van der Waals surface area (Å²) in [5.74, 6) is 0.745. The molecule has 3 rings (SSSR count). The van der Waals surface area contributed by atoms with Crippen LogP contribution < -0.4 is 0 Å². The highest BCUT2D eigenvalue weighted by Crippen LogP contribution is 2.28. The predicted molar refractivity (Wildman–Crippen MR) is 37.3 cm³/mol. The Bertz CT molecular complexity index is 105. The van der Waals surface area contributed by atoms with Crippen molar-refractivity contribution < 1.29 is 0 Å². The Labute approximate surface area is 56.0 Å². The highest BCUT2D eigenvalue weighted by Gasteiger charge is 2.27. The number of piperidine rings is 3. The Morgan fingerprint density at radius 1 is 1.22 bits per heavy atom. The second-order valence-corrected chi connectivity index (χ2v) is 3.24. The minimum absolute atomic E-state index is 0.243. The fraction of sp³-hybridized carbons (Fsp3) is 1.00. The lowest BCUT2D eigenvalue weighted by Gasteiger charge is -2.47. The molecule has 0 aromatic rings. The van der Waals surface area contributed by atoms with E-state index in [-0.39, 0.29) is 6.04 Å². The molecular weight excluding hydrogens is 112 g/mol. The van der Waals surface area contributed by atoms with Crippen molar-refractivity contribution in [3.05, 3.63) is 5.73 Å². The Morgan fingerprint density at radius 2 is 1.89 bits per heavy atom. The van der Waals surface area contributed by atoms with Gasteiger partial charge in [-0.05, 0) is 32.5 Å². The van der Waals surface area contributed by atoms with Gasteiger partial charge in [-0.15, -0.1) is 6.04 Å². The first-order valence-corrected chi connectivity index (χ1v) is 3.80. The Morgan fingerprint density at radius 3 is 2.11 bits per heavy atom. The maximum absolute atomic E-state index is 7.62. The van der Waals surface area contributed by atoms with Gasteiger partial charge in [-0.25, -0.2) is 0 Å². The van der Waals surface area contributed by atoms with E-state index in [4.69, 9.17) is 5.73 Å². The molecule has 0 amide bonds. The molecule has 52 valence electrons. The smallest absolute Gasteiger partial charge is 0.00172 e. The molecule has 1 N–H and O–H groups in total. The van der Waals surface area contributed by atoms with E-state index in [1.54, 1.807) is 0 Å². The number of hydrogen-bond donors (Lipinski definition) is 0. The van der Waals surface area contributed by atoms with Gasteiger partial charge < -0.3 is 10.6 Å². The van der Waals surface area contributed by atoms with Gasteiger partial charge in [0.2, 0.25) is 0 Å². The quantitative estimate of drug-likeness (QED) is 0.477. The molecule has 0 aliphatic carbocycles. The molecule has 0 saturated carbocycles. The van der Waals surface area contributed by atoms with Crippen LogP contribution in [-0.2, 0) is 0 Å². The summed E-state index contributed by atoms with van der Waals surface area (Å²) < 4.78 is 0. The first-order chi connectivity index (χ1) is 4.36. The fourth-order valence-corrected chi connectivity index (χ4v) is 1.97. The van der Waals surface area contributed by atoms with Crippen LogP contribution in [0.5, 0.6) is 0 Å². The monoisotopic (exact) mass is 125 g/mol. The number of fused-ring (bicyclic) bond motifs is 3. The molecule has 2 bridgehead atoms. The van der Waals surface area contributed by atoms with Gasteiger partial charge in [0, 0.05) is 0 Å². The molecule has 3 aliphatic heterocycles. The van der Waals surface area contributed by atoms with E-state index in [1.165, 1.54) is 25.9 Å². The van der Waals surface area contributed by atoms with Crippen molar-refractivity contribution in [2.24, 2.45) is 5.92 Å². The summed E-state index contributed by atoms with van der Waals surface area (Å²) in [6, 6.07) is 0.243. The Balaban J connectivity index is 2.06. The zero-order valence-corrected chi connectivity index (χ0v) is 5.64. The molecule has 0 spiro atoms. The van der Waals surface area contributed by atoms with Gasteiger partial charge >= 0.3 is 0 Å². The lowest BCUT2D eigenvalue weighted by atomic mass is 9.85. The zero-order chi connectivity index (χ0) is 6.27. The zero-order valence-electron chi connectivity index (χ0n) is 5.64. The van der Waals surface area contributed by atoms with Crippen LogP contribution in [0.1, 0.15) is 12.8 Å². The van der Waals surface area contributed by atoms with Crippen molar-refractivity contribution in [3.8, 4) is 0 Å². The fourth-order valence-electron chi connectivity index (χ4n) is 1.97. The number of rotatable bonds is 0. The maximum Gasteiger partial charge on any atom is -0.00172 e. The van der Waals surface area contributed by atoms with Gasteiger partial charge in [-0.2, -0.15) is 0 Å². The van der Waals surface area contributed by atoms with Crippen LogP contribution in [0, 0.1) is 5.92 Å². The van der Waals surface area contributed by atoms with Crippen LogP contribution in [0.15, 0.2) is 0 Å². The summed E-state index contributed by atoms with van der Waals surface area (Å²) in [5.41, 5.74) is 7.62. The van der Waals surface area contributed by atoms with Crippen molar-refractivity contribution in [1.82, 2.24) is 4.90 Å². The second-order valence-electron chi connectivity index (χ2n) is 3.24. The third kappa shape index (κ3) is 0.864. The van der Waals surface area contributed by atoms with E-state index in [0.717, 1.165) is 12.5 Å². The van der Waals surface area contributed by atoms with Crippen molar-refractivity contribution in [1.29, 1.82) is 0 Å². The molecule has 1 atom stereocenters. The van der Waals surface area contributed by atoms with E-state index in [9.17, 15) is 0 Å². The molecule has 2 nitrogen and oxygen atoms in total. The summed E-state index contributed by atoms with van der Waals surface area (Å²) >= 11 is 0. The highest BCUT2D eigenvalue weighted by atomic mass is 15.2.